The van der Waals surface area contributed by atoms with Crippen LogP contribution in [0.15, 0.2) is 60.7 Å². The molecule has 0 spiro atoms. The lowest BCUT2D eigenvalue weighted by Gasteiger charge is -2.20. The fourth-order valence-corrected chi connectivity index (χ4v) is 3.47. The minimum Gasteiger partial charge on any atom is -0.480 e. The Balaban J connectivity index is 1.80. The van der Waals surface area contributed by atoms with Gasteiger partial charge in [-0.05, 0) is 24.0 Å². The standard InChI is InChI=1S/C25H32N2O6/c28-23(27-32)17-21(14-8-3-9-15-33-18-20-12-6-2-7-13-20)24(29)26-22(25(30)31)16-19-10-4-1-5-11-19/h1-2,4-7,10-13,21-22,32H,3,8-9,14-18H2,(H,26,29)(H,27,28)(H,30,31)/t21-,22+/m1/s1. The van der Waals surface area contributed by atoms with Crippen LogP contribution in [0.1, 0.15) is 43.2 Å². The average molecular weight is 457 g/mol. The molecule has 0 aliphatic heterocycles. The highest BCUT2D eigenvalue weighted by Gasteiger charge is 2.27. The Hall–Kier alpha value is -3.23. The summed E-state index contributed by atoms with van der Waals surface area (Å²) < 4.78 is 5.65. The number of carbonyl (C=O) groups excluding carboxylic acids is 2. The van der Waals surface area contributed by atoms with E-state index < -0.39 is 29.7 Å². The van der Waals surface area contributed by atoms with Crippen LogP contribution in [0, 0.1) is 5.92 Å². The summed E-state index contributed by atoms with van der Waals surface area (Å²) in [5.41, 5.74) is 3.43. The van der Waals surface area contributed by atoms with Crippen LogP contribution in [0.5, 0.6) is 0 Å². The van der Waals surface area contributed by atoms with Crippen molar-refractivity contribution >= 4 is 17.8 Å². The highest BCUT2D eigenvalue weighted by Crippen LogP contribution is 2.16. The van der Waals surface area contributed by atoms with Crippen LogP contribution in [-0.2, 0) is 32.1 Å². The molecule has 0 aliphatic rings. The summed E-state index contributed by atoms with van der Waals surface area (Å²) in [7, 11) is 0. The number of ether oxygens (including phenoxy) is 1. The van der Waals surface area contributed by atoms with Crippen molar-refractivity contribution in [2.75, 3.05) is 6.61 Å². The quantitative estimate of drug-likeness (QED) is 0.185. The predicted octanol–water partition coefficient (Wildman–Crippen LogP) is 3.09. The van der Waals surface area contributed by atoms with Crippen molar-refractivity contribution in [3.63, 3.8) is 0 Å². The van der Waals surface area contributed by atoms with Gasteiger partial charge in [-0.25, -0.2) is 10.3 Å². The second-order valence-electron chi connectivity index (χ2n) is 7.91. The van der Waals surface area contributed by atoms with E-state index in [0.29, 0.717) is 26.1 Å². The molecule has 2 amide bonds. The number of amides is 2. The number of benzene rings is 2. The fourth-order valence-electron chi connectivity index (χ4n) is 3.47. The van der Waals surface area contributed by atoms with Crippen LogP contribution in [0.2, 0.25) is 0 Å². The highest BCUT2D eigenvalue weighted by molar-refractivity contribution is 5.88. The molecule has 8 nitrogen and oxygen atoms in total. The molecule has 8 heteroatoms. The van der Waals surface area contributed by atoms with Gasteiger partial charge in [-0.2, -0.15) is 0 Å². The number of nitrogens with one attached hydrogen (secondary N) is 2. The molecule has 0 radical (unpaired) electrons. The largest absolute Gasteiger partial charge is 0.480 e. The summed E-state index contributed by atoms with van der Waals surface area (Å²) >= 11 is 0. The second-order valence-corrected chi connectivity index (χ2v) is 7.91. The van der Waals surface area contributed by atoms with Gasteiger partial charge in [0.1, 0.15) is 6.04 Å². The maximum Gasteiger partial charge on any atom is 0.326 e. The van der Waals surface area contributed by atoms with E-state index in [4.69, 9.17) is 9.94 Å². The van der Waals surface area contributed by atoms with Gasteiger partial charge in [0, 0.05) is 25.4 Å². The summed E-state index contributed by atoms with van der Waals surface area (Å²) in [6.07, 6.45) is 2.59. The minimum atomic E-state index is -1.15. The van der Waals surface area contributed by atoms with Crippen molar-refractivity contribution in [2.45, 2.75) is 51.2 Å². The number of carboxylic acids is 1. The maximum atomic E-state index is 12.8. The summed E-state index contributed by atoms with van der Waals surface area (Å²) in [5.74, 6) is -3.08. The van der Waals surface area contributed by atoms with Crippen LogP contribution >= 0.6 is 0 Å². The van der Waals surface area contributed by atoms with Gasteiger partial charge in [-0.15, -0.1) is 0 Å². The van der Waals surface area contributed by atoms with E-state index in [-0.39, 0.29) is 12.8 Å². The Morgan fingerprint density at radius 3 is 2.12 bits per heavy atom. The van der Waals surface area contributed by atoms with Crippen LogP contribution in [0.4, 0.5) is 0 Å². The maximum absolute atomic E-state index is 12.8. The van der Waals surface area contributed by atoms with Crippen LogP contribution < -0.4 is 10.8 Å². The van der Waals surface area contributed by atoms with Crippen LogP contribution in [-0.4, -0.2) is 40.7 Å². The van der Waals surface area contributed by atoms with Crippen LogP contribution in [0.3, 0.4) is 0 Å². The molecule has 0 heterocycles. The third-order valence-corrected chi connectivity index (χ3v) is 5.28. The third kappa shape index (κ3) is 10.3. The average Bonchev–Trinajstić information content (AvgIpc) is 2.83. The summed E-state index contributed by atoms with van der Waals surface area (Å²) in [6.45, 7) is 1.13. The van der Waals surface area contributed by atoms with E-state index in [1.807, 2.05) is 36.4 Å². The van der Waals surface area contributed by atoms with E-state index in [9.17, 15) is 19.5 Å². The zero-order valence-electron chi connectivity index (χ0n) is 18.6. The van der Waals surface area contributed by atoms with Gasteiger partial charge >= 0.3 is 5.97 Å². The van der Waals surface area contributed by atoms with Crippen molar-refractivity contribution in [2.24, 2.45) is 5.92 Å². The van der Waals surface area contributed by atoms with Crippen molar-refractivity contribution in [3.8, 4) is 0 Å². The molecule has 0 fully saturated rings. The van der Waals surface area contributed by atoms with Gasteiger partial charge in [0.15, 0.2) is 0 Å². The molecule has 0 saturated carbocycles. The first-order valence-electron chi connectivity index (χ1n) is 11.1. The monoisotopic (exact) mass is 456 g/mol. The molecule has 178 valence electrons. The van der Waals surface area contributed by atoms with Crippen molar-refractivity contribution in [3.05, 3.63) is 71.8 Å². The summed E-state index contributed by atoms with van der Waals surface area (Å²) in [6, 6.07) is 17.8. The lowest BCUT2D eigenvalue weighted by Crippen LogP contribution is -2.45. The van der Waals surface area contributed by atoms with Crippen molar-refractivity contribution < 1.29 is 29.4 Å². The molecule has 0 bridgehead atoms. The van der Waals surface area contributed by atoms with E-state index >= 15 is 0 Å². The Labute approximate surface area is 193 Å². The van der Waals surface area contributed by atoms with Gasteiger partial charge in [-0.3, -0.25) is 14.8 Å². The zero-order valence-corrected chi connectivity index (χ0v) is 18.6. The number of aliphatic carboxylic acids is 1. The van der Waals surface area contributed by atoms with Crippen LogP contribution in [0.25, 0.3) is 0 Å². The number of rotatable bonds is 15. The van der Waals surface area contributed by atoms with Gasteiger partial charge in [0.25, 0.3) is 0 Å². The molecule has 0 saturated heterocycles. The fraction of sp³-hybridized carbons (Fsp3) is 0.400. The van der Waals surface area contributed by atoms with Crippen molar-refractivity contribution in [1.29, 1.82) is 0 Å². The summed E-state index contributed by atoms with van der Waals surface area (Å²) in [4.78, 5) is 36.1. The SMILES string of the molecule is O=C(C[C@@H](CCCCCOCc1ccccc1)C(=O)N[C@@H](Cc1ccccc1)C(=O)O)NO. The number of hydrogen-bond acceptors (Lipinski definition) is 5. The second kappa shape index (κ2) is 14.8. The Bertz CT molecular complexity index is 860. The lowest BCUT2D eigenvalue weighted by atomic mass is 9.95. The minimum absolute atomic E-state index is 0.138. The normalized spacial score (nSPS) is 12.5. The number of hydrogen-bond donors (Lipinski definition) is 4. The third-order valence-electron chi connectivity index (χ3n) is 5.28. The molecule has 2 aromatic carbocycles. The molecular formula is C25H32N2O6. The van der Waals surface area contributed by atoms with Crippen molar-refractivity contribution in [1.82, 2.24) is 10.8 Å². The topological polar surface area (TPSA) is 125 Å². The van der Waals surface area contributed by atoms with Gasteiger partial charge < -0.3 is 15.2 Å². The summed E-state index contributed by atoms with van der Waals surface area (Å²) in [5, 5.41) is 20.9. The Kier molecular flexibility index (Phi) is 11.6. The van der Waals surface area contributed by atoms with E-state index in [2.05, 4.69) is 5.32 Å². The first-order valence-corrected chi connectivity index (χ1v) is 11.1. The molecule has 2 aromatic rings. The number of carboxylic acid groups (broad SMARTS) is 1. The van der Waals surface area contributed by atoms with E-state index in [1.165, 1.54) is 0 Å². The molecular weight excluding hydrogens is 424 g/mol. The number of hydroxylamine groups is 1. The first-order chi connectivity index (χ1) is 16.0. The number of carbonyl (C=O) groups is 3. The van der Waals surface area contributed by atoms with E-state index in [1.54, 1.807) is 29.7 Å². The molecule has 0 unspecified atom stereocenters. The van der Waals surface area contributed by atoms with E-state index in [0.717, 1.165) is 24.0 Å². The lowest BCUT2D eigenvalue weighted by molar-refractivity contribution is -0.143. The highest BCUT2D eigenvalue weighted by atomic mass is 16.5. The smallest absolute Gasteiger partial charge is 0.326 e. The molecule has 4 N–H and O–H groups in total. The van der Waals surface area contributed by atoms with Gasteiger partial charge in [0.05, 0.1) is 6.61 Å². The first kappa shape index (κ1) is 26.0. The van der Waals surface area contributed by atoms with Gasteiger partial charge in [0.2, 0.25) is 11.8 Å². The zero-order chi connectivity index (χ0) is 23.9. The Morgan fingerprint density at radius 1 is 0.879 bits per heavy atom. The molecule has 2 atom stereocenters. The predicted molar refractivity (Wildman–Crippen MR) is 122 cm³/mol. The van der Waals surface area contributed by atoms with Gasteiger partial charge in [-0.1, -0.05) is 73.5 Å². The molecule has 33 heavy (non-hydrogen) atoms. The molecule has 0 aliphatic carbocycles. The Morgan fingerprint density at radius 2 is 1.52 bits per heavy atom. The molecule has 2 rings (SSSR count). The number of unbranched alkanes of at least 4 members (excludes halogenated alkanes) is 2. The molecule has 0 aromatic heterocycles.